The molecule has 1 aromatic carbocycles. The lowest BCUT2D eigenvalue weighted by Crippen LogP contribution is -1.94. The number of rotatable bonds is 3. The molecular weight excluding hydrogens is 226 g/mol. The van der Waals surface area contributed by atoms with E-state index in [0.717, 1.165) is 16.3 Å². The molecule has 0 aliphatic carbocycles. The number of hydrogen-bond acceptors (Lipinski definition) is 5. The summed E-state index contributed by atoms with van der Waals surface area (Å²) < 4.78 is 0. The smallest absolute Gasteiger partial charge is 0.269 e. The molecule has 0 radical (unpaired) electrons. The average Bonchev–Trinajstić information content (AvgIpc) is 2.77. The van der Waals surface area contributed by atoms with Crippen molar-refractivity contribution in [2.45, 2.75) is 6.54 Å². The Morgan fingerprint density at radius 2 is 2.06 bits per heavy atom. The summed E-state index contributed by atoms with van der Waals surface area (Å²) in [7, 11) is 0. The van der Waals surface area contributed by atoms with E-state index in [2.05, 4.69) is 4.98 Å². The summed E-state index contributed by atoms with van der Waals surface area (Å²) in [6.07, 6.45) is 0. The second kappa shape index (κ2) is 4.38. The second-order valence-electron chi connectivity index (χ2n) is 3.13. The Balaban J connectivity index is 2.30. The fourth-order valence-electron chi connectivity index (χ4n) is 1.29. The molecule has 16 heavy (non-hydrogen) atoms. The SMILES string of the molecule is NCc1nc(-c2ccc([N+](=O)[O-])cc2)cs1. The molecule has 2 aromatic rings. The van der Waals surface area contributed by atoms with Gasteiger partial charge in [-0.3, -0.25) is 10.1 Å². The van der Waals surface area contributed by atoms with Crippen molar-refractivity contribution in [1.29, 1.82) is 0 Å². The second-order valence-corrected chi connectivity index (χ2v) is 4.08. The molecule has 0 saturated heterocycles. The molecule has 0 aliphatic heterocycles. The number of benzene rings is 1. The van der Waals surface area contributed by atoms with Gasteiger partial charge in [0.1, 0.15) is 5.01 Å². The molecule has 1 heterocycles. The van der Waals surface area contributed by atoms with Crippen LogP contribution in [0.25, 0.3) is 11.3 Å². The summed E-state index contributed by atoms with van der Waals surface area (Å²) in [4.78, 5) is 14.4. The number of nitrogens with two attached hydrogens (primary N) is 1. The van der Waals surface area contributed by atoms with Crippen molar-refractivity contribution in [1.82, 2.24) is 4.98 Å². The number of nitrogens with zero attached hydrogens (tertiary/aromatic N) is 2. The Morgan fingerprint density at radius 3 is 2.56 bits per heavy atom. The van der Waals surface area contributed by atoms with Crippen molar-refractivity contribution >= 4 is 17.0 Å². The first-order chi connectivity index (χ1) is 7.70. The molecule has 5 nitrogen and oxygen atoms in total. The van der Waals surface area contributed by atoms with Crippen LogP contribution in [0.1, 0.15) is 5.01 Å². The van der Waals surface area contributed by atoms with Crippen molar-refractivity contribution in [2.24, 2.45) is 5.73 Å². The molecule has 0 unspecified atom stereocenters. The van der Waals surface area contributed by atoms with Crippen LogP contribution >= 0.6 is 11.3 Å². The van der Waals surface area contributed by atoms with Crippen LogP contribution in [0, 0.1) is 10.1 Å². The summed E-state index contributed by atoms with van der Waals surface area (Å²) in [5.41, 5.74) is 7.21. The quantitative estimate of drug-likeness (QED) is 0.653. The van der Waals surface area contributed by atoms with Gasteiger partial charge in [-0.2, -0.15) is 0 Å². The van der Waals surface area contributed by atoms with E-state index in [9.17, 15) is 10.1 Å². The van der Waals surface area contributed by atoms with Crippen LogP contribution in [0.4, 0.5) is 5.69 Å². The zero-order valence-corrected chi connectivity index (χ0v) is 9.11. The number of aromatic nitrogens is 1. The highest BCUT2D eigenvalue weighted by Gasteiger charge is 2.07. The topological polar surface area (TPSA) is 82.0 Å². The number of thiazole rings is 1. The molecule has 0 aliphatic rings. The fraction of sp³-hybridized carbons (Fsp3) is 0.100. The van der Waals surface area contributed by atoms with E-state index in [1.807, 2.05) is 5.38 Å². The Hall–Kier alpha value is -1.79. The van der Waals surface area contributed by atoms with Gasteiger partial charge < -0.3 is 5.73 Å². The predicted molar refractivity (Wildman–Crippen MR) is 62.1 cm³/mol. The molecule has 82 valence electrons. The van der Waals surface area contributed by atoms with Gasteiger partial charge in [-0.05, 0) is 12.1 Å². The third-order valence-corrected chi connectivity index (χ3v) is 2.97. The third-order valence-electron chi connectivity index (χ3n) is 2.10. The summed E-state index contributed by atoms with van der Waals surface area (Å²) in [5.74, 6) is 0. The molecule has 0 spiro atoms. The van der Waals surface area contributed by atoms with Crippen molar-refractivity contribution in [3.8, 4) is 11.3 Å². The minimum atomic E-state index is -0.420. The van der Waals surface area contributed by atoms with Crippen molar-refractivity contribution in [2.75, 3.05) is 0 Å². The number of non-ortho nitro benzene ring substituents is 1. The van der Waals surface area contributed by atoms with Gasteiger partial charge in [0.2, 0.25) is 0 Å². The minimum absolute atomic E-state index is 0.0815. The molecule has 0 saturated carbocycles. The summed E-state index contributed by atoms with van der Waals surface area (Å²) in [6, 6.07) is 6.31. The average molecular weight is 235 g/mol. The van der Waals surface area contributed by atoms with Crippen molar-refractivity contribution in [3.05, 3.63) is 44.8 Å². The van der Waals surface area contributed by atoms with Gasteiger partial charge in [-0.25, -0.2) is 4.98 Å². The Morgan fingerprint density at radius 1 is 1.38 bits per heavy atom. The normalized spacial score (nSPS) is 10.3. The fourth-order valence-corrected chi connectivity index (χ4v) is 1.97. The minimum Gasteiger partial charge on any atom is -0.325 e. The molecule has 2 rings (SSSR count). The first-order valence-electron chi connectivity index (χ1n) is 4.60. The molecule has 0 atom stereocenters. The highest BCUT2D eigenvalue weighted by atomic mass is 32.1. The zero-order valence-electron chi connectivity index (χ0n) is 8.29. The van der Waals surface area contributed by atoms with Crippen LogP contribution in [-0.2, 0) is 6.54 Å². The highest BCUT2D eigenvalue weighted by Crippen LogP contribution is 2.23. The van der Waals surface area contributed by atoms with Gasteiger partial charge in [0, 0.05) is 29.6 Å². The summed E-state index contributed by atoms with van der Waals surface area (Å²) in [6.45, 7) is 0.414. The van der Waals surface area contributed by atoms with Crippen molar-refractivity contribution in [3.63, 3.8) is 0 Å². The lowest BCUT2D eigenvalue weighted by atomic mass is 10.1. The zero-order chi connectivity index (χ0) is 11.5. The third kappa shape index (κ3) is 2.07. The van der Waals surface area contributed by atoms with E-state index in [0.29, 0.717) is 6.54 Å². The van der Waals surface area contributed by atoms with Crippen LogP contribution in [0.5, 0.6) is 0 Å². The van der Waals surface area contributed by atoms with Crippen LogP contribution in [0.3, 0.4) is 0 Å². The highest BCUT2D eigenvalue weighted by molar-refractivity contribution is 7.09. The van der Waals surface area contributed by atoms with Gasteiger partial charge in [0.05, 0.1) is 10.6 Å². The van der Waals surface area contributed by atoms with Crippen molar-refractivity contribution < 1.29 is 4.92 Å². The van der Waals surface area contributed by atoms with Gasteiger partial charge in [-0.15, -0.1) is 11.3 Å². The van der Waals surface area contributed by atoms with Crippen LogP contribution in [0.15, 0.2) is 29.6 Å². The Kier molecular flexibility index (Phi) is 2.93. The lowest BCUT2D eigenvalue weighted by molar-refractivity contribution is -0.384. The van der Waals surface area contributed by atoms with E-state index in [1.165, 1.54) is 23.5 Å². The van der Waals surface area contributed by atoms with Gasteiger partial charge >= 0.3 is 0 Å². The maximum atomic E-state index is 10.5. The van der Waals surface area contributed by atoms with Gasteiger partial charge in [0.15, 0.2) is 0 Å². The number of nitro groups is 1. The molecular formula is C10H9N3O2S. The first-order valence-corrected chi connectivity index (χ1v) is 5.48. The lowest BCUT2D eigenvalue weighted by Gasteiger charge is -1.95. The molecule has 0 bridgehead atoms. The standard InChI is InChI=1S/C10H9N3O2S/c11-5-10-12-9(6-16-10)7-1-3-8(4-2-7)13(14)15/h1-4,6H,5,11H2. The maximum absolute atomic E-state index is 10.5. The van der Waals surface area contributed by atoms with E-state index in [1.54, 1.807) is 12.1 Å². The number of hydrogen-bond donors (Lipinski definition) is 1. The number of nitro benzene ring substituents is 1. The molecule has 1 aromatic heterocycles. The molecule has 0 fully saturated rings. The molecule has 6 heteroatoms. The summed E-state index contributed by atoms with van der Waals surface area (Å²) in [5, 5.41) is 13.2. The van der Waals surface area contributed by atoms with Crippen LogP contribution in [0.2, 0.25) is 0 Å². The van der Waals surface area contributed by atoms with Crippen LogP contribution in [-0.4, -0.2) is 9.91 Å². The summed E-state index contributed by atoms with van der Waals surface area (Å²) >= 11 is 1.48. The van der Waals surface area contributed by atoms with E-state index < -0.39 is 4.92 Å². The monoisotopic (exact) mass is 235 g/mol. The van der Waals surface area contributed by atoms with E-state index in [4.69, 9.17) is 5.73 Å². The van der Waals surface area contributed by atoms with Gasteiger partial charge in [-0.1, -0.05) is 0 Å². The largest absolute Gasteiger partial charge is 0.325 e. The predicted octanol–water partition coefficient (Wildman–Crippen LogP) is 2.18. The van der Waals surface area contributed by atoms with Crippen LogP contribution < -0.4 is 5.73 Å². The van der Waals surface area contributed by atoms with E-state index >= 15 is 0 Å². The van der Waals surface area contributed by atoms with Gasteiger partial charge in [0.25, 0.3) is 5.69 Å². The van der Waals surface area contributed by atoms with E-state index in [-0.39, 0.29) is 5.69 Å². The maximum Gasteiger partial charge on any atom is 0.269 e. The molecule has 2 N–H and O–H groups in total. The first kappa shape index (κ1) is 10.7. The Labute approximate surface area is 95.7 Å². The molecule has 0 amide bonds. The Bertz CT molecular complexity index is 507.